The van der Waals surface area contributed by atoms with Crippen molar-refractivity contribution in [1.82, 2.24) is 10.6 Å². The van der Waals surface area contributed by atoms with Crippen LogP contribution in [0.4, 0.5) is 10.1 Å². The van der Waals surface area contributed by atoms with Crippen molar-refractivity contribution in [3.63, 3.8) is 0 Å². The molecule has 7 heteroatoms. The van der Waals surface area contributed by atoms with E-state index < -0.39 is 12.1 Å². The van der Waals surface area contributed by atoms with Crippen molar-refractivity contribution in [3.05, 3.63) is 65.0 Å². The number of aliphatic hydroxyl groups excluding tert-OH is 1. The van der Waals surface area contributed by atoms with Gasteiger partial charge in [-0.05, 0) is 60.4 Å². The van der Waals surface area contributed by atoms with Crippen LogP contribution in [0.1, 0.15) is 33.9 Å². The summed E-state index contributed by atoms with van der Waals surface area (Å²) in [5, 5.41) is 16.9. The van der Waals surface area contributed by atoms with Gasteiger partial charge >= 0.3 is 0 Å². The molecule has 1 fully saturated rings. The molecule has 2 atom stereocenters. The molecule has 4 rings (SSSR count). The van der Waals surface area contributed by atoms with Crippen LogP contribution in [0.3, 0.4) is 0 Å². The van der Waals surface area contributed by atoms with Crippen LogP contribution >= 0.6 is 12.4 Å². The fraction of sp³-hybridized carbons (Fsp3) is 0.381. The van der Waals surface area contributed by atoms with Crippen molar-refractivity contribution in [2.75, 3.05) is 31.1 Å². The van der Waals surface area contributed by atoms with E-state index in [1.165, 1.54) is 24.3 Å². The Balaban J connectivity index is 0.00000225. The van der Waals surface area contributed by atoms with E-state index in [0.717, 1.165) is 49.4 Å². The molecule has 28 heavy (non-hydrogen) atoms. The average Bonchev–Trinajstić information content (AvgIpc) is 2.71. The van der Waals surface area contributed by atoms with Gasteiger partial charge in [0.05, 0.1) is 12.1 Å². The maximum absolute atomic E-state index is 13.1. The third-order valence-electron chi connectivity index (χ3n) is 5.43. The minimum absolute atomic E-state index is 0. The molecule has 0 bridgehead atoms. The molecule has 1 aliphatic heterocycles. The Labute approximate surface area is 170 Å². The van der Waals surface area contributed by atoms with E-state index >= 15 is 0 Å². The molecule has 5 nitrogen and oxygen atoms in total. The number of aliphatic hydroxyl groups is 1. The highest BCUT2D eigenvalue weighted by Crippen LogP contribution is 2.33. The number of carbonyl (C=O) groups is 1. The molecular weight excluding hydrogens is 381 g/mol. The molecule has 0 aromatic heterocycles. The fourth-order valence-electron chi connectivity index (χ4n) is 3.90. The molecule has 1 amide bonds. The van der Waals surface area contributed by atoms with Gasteiger partial charge in [0, 0.05) is 37.4 Å². The second-order valence-corrected chi connectivity index (χ2v) is 7.18. The van der Waals surface area contributed by atoms with Crippen LogP contribution in [0, 0.1) is 5.82 Å². The molecule has 2 aromatic rings. The molecule has 1 heterocycles. The van der Waals surface area contributed by atoms with Gasteiger partial charge in [0.1, 0.15) is 5.82 Å². The number of rotatable bonds is 3. The predicted molar refractivity (Wildman–Crippen MR) is 110 cm³/mol. The highest BCUT2D eigenvalue weighted by molar-refractivity contribution is 5.94. The zero-order valence-electron chi connectivity index (χ0n) is 15.5. The number of hydrogen-bond donors (Lipinski definition) is 3. The van der Waals surface area contributed by atoms with Gasteiger partial charge in [-0.3, -0.25) is 4.79 Å². The molecule has 0 spiro atoms. The van der Waals surface area contributed by atoms with Crippen molar-refractivity contribution in [3.8, 4) is 0 Å². The third-order valence-corrected chi connectivity index (χ3v) is 5.43. The molecule has 1 aliphatic carbocycles. The summed E-state index contributed by atoms with van der Waals surface area (Å²) in [6.07, 6.45) is 0.760. The topological polar surface area (TPSA) is 64.6 Å². The minimum Gasteiger partial charge on any atom is -0.391 e. The Morgan fingerprint density at radius 1 is 1.14 bits per heavy atom. The summed E-state index contributed by atoms with van der Waals surface area (Å²) in [7, 11) is 0. The van der Waals surface area contributed by atoms with Gasteiger partial charge < -0.3 is 20.6 Å². The quantitative estimate of drug-likeness (QED) is 0.734. The summed E-state index contributed by atoms with van der Waals surface area (Å²) >= 11 is 0. The molecule has 0 radical (unpaired) electrons. The number of hydrogen-bond acceptors (Lipinski definition) is 4. The van der Waals surface area contributed by atoms with Crippen LogP contribution in [-0.4, -0.2) is 43.3 Å². The Morgan fingerprint density at radius 2 is 1.86 bits per heavy atom. The van der Waals surface area contributed by atoms with E-state index in [9.17, 15) is 14.3 Å². The Hall–Kier alpha value is -2.15. The van der Waals surface area contributed by atoms with Gasteiger partial charge in [-0.2, -0.15) is 0 Å². The Kier molecular flexibility index (Phi) is 6.54. The van der Waals surface area contributed by atoms with E-state index in [2.05, 4.69) is 33.7 Å². The number of anilines is 1. The number of fused-ring (bicyclic) bond motifs is 1. The zero-order valence-corrected chi connectivity index (χ0v) is 16.3. The van der Waals surface area contributed by atoms with Gasteiger partial charge in [0.15, 0.2) is 0 Å². The number of nitrogens with zero attached hydrogens (tertiary/aromatic N) is 1. The Morgan fingerprint density at radius 3 is 2.57 bits per heavy atom. The number of benzene rings is 2. The first-order valence-corrected chi connectivity index (χ1v) is 9.45. The second-order valence-electron chi connectivity index (χ2n) is 7.18. The van der Waals surface area contributed by atoms with E-state index in [1.54, 1.807) is 0 Å². The molecule has 0 saturated carbocycles. The van der Waals surface area contributed by atoms with E-state index in [4.69, 9.17) is 0 Å². The Bertz CT molecular complexity index is 825. The van der Waals surface area contributed by atoms with Gasteiger partial charge in [-0.1, -0.05) is 6.07 Å². The highest BCUT2D eigenvalue weighted by Gasteiger charge is 2.30. The standard InChI is InChI=1S/C21H24FN3O2.ClH/c22-16-5-1-15(2-6-16)21(27)24-20-18-13-17(25-11-9-23-10-12-25)7-3-14(18)4-8-19(20)26;/h1-3,5-7,13,19-20,23,26H,4,8-12H2,(H,24,27);1H/t19-,20-;/m0./s1. The lowest BCUT2D eigenvalue weighted by atomic mass is 9.85. The second kappa shape index (κ2) is 8.90. The third kappa shape index (κ3) is 4.29. The van der Waals surface area contributed by atoms with Crippen molar-refractivity contribution in [2.24, 2.45) is 0 Å². The highest BCUT2D eigenvalue weighted by atomic mass is 35.5. The summed E-state index contributed by atoms with van der Waals surface area (Å²) in [6.45, 7) is 3.77. The summed E-state index contributed by atoms with van der Waals surface area (Å²) in [6, 6.07) is 11.3. The number of carbonyl (C=O) groups excluding carboxylic acids is 1. The molecule has 2 aromatic carbocycles. The average molecular weight is 406 g/mol. The van der Waals surface area contributed by atoms with Crippen molar-refractivity contribution in [2.45, 2.75) is 25.0 Å². The SMILES string of the molecule is Cl.O=C(N[C@H]1c2cc(N3CCNCC3)ccc2CC[C@@H]1O)c1ccc(F)cc1. The molecule has 0 unspecified atom stereocenters. The minimum atomic E-state index is -0.639. The number of halogens is 2. The summed E-state index contributed by atoms with van der Waals surface area (Å²) < 4.78 is 13.1. The molecule has 150 valence electrons. The van der Waals surface area contributed by atoms with Crippen LogP contribution in [0.2, 0.25) is 0 Å². The lowest BCUT2D eigenvalue weighted by Gasteiger charge is -2.34. The first-order chi connectivity index (χ1) is 13.1. The number of nitrogens with one attached hydrogen (secondary N) is 2. The maximum Gasteiger partial charge on any atom is 0.251 e. The fourth-order valence-corrected chi connectivity index (χ4v) is 3.90. The summed E-state index contributed by atoms with van der Waals surface area (Å²) in [5.41, 5.74) is 3.63. The first kappa shape index (κ1) is 20.6. The monoisotopic (exact) mass is 405 g/mol. The van der Waals surface area contributed by atoms with Crippen molar-refractivity contribution in [1.29, 1.82) is 0 Å². The van der Waals surface area contributed by atoms with Crippen molar-refractivity contribution >= 4 is 24.0 Å². The van der Waals surface area contributed by atoms with Crippen molar-refractivity contribution < 1.29 is 14.3 Å². The van der Waals surface area contributed by atoms with Crippen LogP contribution in [-0.2, 0) is 6.42 Å². The number of amides is 1. The van der Waals surface area contributed by atoms with Gasteiger partial charge in [-0.25, -0.2) is 4.39 Å². The largest absolute Gasteiger partial charge is 0.391 e. The molecule has 3 N–H and O–H groups in total. The van der Waals surface area contributed by atoms with Gasteiger partial charge in [0.25, 0.3) is 5.91 Å². The zero-order chi connectivity index (χ0) is 18.8. The molecular formula is C21H25ClFN3O2. The van der Waals surface area contributed by atoms with Crippen LogP contribution in [0.25, 0.3) is 0 Å². The number of piperazine rings is 1. The smallest absolute Gasteiger partial charge is 0.251 e. The van der Waals surface area contributed by atoms with Crippen LogP contribution in [0.15, 0.2) is 42.5 Å². The molecule has 1 saturated heterocycles. The predicted octanol–water partition coefficient (Wildman–Crippen LogP) is 2.44. The van der Waals surface area contributed by atoms with Crippen LogP contribution < -0.4 is 15.5 Å². The maximum atomic E-state index is 13.1. The van der Waals surface area contributed by atoms with Gasteiger partial charge in [-0.15, -0.1) is 12.4 Å². The lowest BCUT2D eigenvalue weighted by molar-refractivity contribution is 0.0791. The number of aryl methyl sites for hydroxylation is 1. The molecule has 2 aliphatic rings. The van der Waals surface area contributed by atoms with Gasteiger partial charge in [0.2, 0.25) is 0 Å². The van der Waals surface area contributed by atoms with Crippen LogP contribution in [0.5, 0.6) is 0 Å². The lowest BCUT2D eigenvalue weighted by Crippen LogP contribution is -2.44. The van der Waals surface area contributed by atoms with E-state index in [-0.39, 0.29) is 24.1 Å². The van der Waals surface area contributed by atoms with E-state index in [1.807, 2.05) is 0 Å². The van der Waals surface area contributed by atoms with E-state index in [0.29, 0.717) is 12.0 Å². The normalized spacial score (nSPS) is 21.4. The first-order valence-electron chi connectivity index (χ1n) is 9.45. The summed E-state index contributed by atoms with van der Waals surface area (Å²) in [5.74, 6) is -0.685. The summed E-state index contributed by atoms with van der Waals surface area (Å²) in [4.78, 5) is 14.9.